The van der Waals surface area contributed by atoms with E-state index in [1.54, 1.807) is 7.11 Å². The predicted molar refractivity (Wildman–Crippen MR) is 75.5 cm³/mol. The smallest absolute Gasteiger partial charge is 0.169 e. The number of carbonyl (C=O) groups excluding carboxylic acids is 1. The normalized spacial score (nSPS) is 13.6. The summed E-state index contributed by atoms with van der Waals surface area (Å²) in [4.78, 5) is 14.4. The maximum Gasteiger partial charge on any atom is 0.169 e. The molecule has 3 rings (SSSR count). The second kappa shape index (κ2) is 4.43. The highest BCUT2D eigenvalue weighted by molar-refractivity contribution is 6.06. The van der Waals surface area contributed by atoms with E-state index >= 15 is 0 Å². The van der Waals surface area contributed by atoms with Crippen LogP contribution in [-0.2, 0) is 6.42 Å². The summed E-state index contributed by atoms with van der Waals surface area (Å²) in [5, 5.41) is 0. The zero-order valence-corrected chi connectivity index (χ0v) is 11.0. The highest BCUT2D eigenvalue weighted by Crippen LogP contribution is 2.40. The number of rotatable bonds is 1. The van der Waals surface area contributed by atoms with Crippen LogP contribution in [0.25, 0.3) is 0 Å². The lowest BCUT2D eigenvalue weighted by molar-refractivity contribution is 0.0994. The molecule has 19 heavy (non-hydrogen) atoms. The Bertz CT molecular complexity index is 649. The SMILES string of the molecule is COc1cccc2c1N(C)c1ccccc1C(=O)C2. The van der Waals surface area contributed by atoms with E-state index in [4.69, 9.17) is 4.74 Å². The van der Waals surface area contributed by atoms with Gasteiger partial charge in [-0.1, -0.05) is 24.3 Å². The summed E-state index contributed by atoms with van der Waals surface area (Å²) in [6.07, 6.45) is 0.411. The van der Waals surface area contributed by atoms with Crippen molar-refractivity contribution in [2.45, 2.75) is 6.42 Å². The number of nitrogens with zero attached hydrogens (tertiary/aromatic N) is 1. The van der Waals surface area contributed by atoms with E-state index in [0.717, 1.165) is 28.3 Å². The molecule has 96 valence electrons. The van der Waals surface area contributed by atoms with E-state index in [0.29, 0.717) is 6.42 Å². The molecule has 1 aliphatic rings. The van der Waals surface area contributed by atoms with E-state index in [2.05, 4.69) is 0 Å². The summed E-state index contributed by atoms with van der Waals surface area (Å²) in [6, 6.07) is 13.5. The van der Waals surface area contributed by atoms with E-state index in [-0.39, 0.29) is 5.78 Å². The van der Waals surface area contributed by atoms with E-state index in [1.165, 1.54) is 0 Å². The minimum absolute atomic E-state index is 0.148. The molecule has 0 amide bonds. The minimum Gasteiger partial charge on any atom is -0.495 e. The lowest BCUT2D eigenvalue weighted by Crippen LogP contribution is -2.12. The highest BCUT2D eigenvalue weighted by atomic mass is 16.5. The number of benzene rings is 2. The maximum absolute atomic E-state index is 12.3. The van der Waals surface area contributed by atoms with Gasteiger partial charge >= 0.3 is 0 Å². The Kier molecular flexibility index (Phi) is 2.75. The number of anilines is 2. The fourth-order valence-electron chi connectivity index (χ4n) is 2.65. The lowest BCUT2D eigenvalue weighted by atomic mass is 10.0. The molecule has 2 aromatic carbocycles. The molecular formula is C16H15NO2. The molecule has 0 aliphatic carbocycles. The second-order valence-electron chi connectivity index (χ2n) is 4.64. The van der Waals surface area contributed by atoms with Gasteiger partial charge < -0.3 is 9.64 Å². The number of hydrogen-bond donors (Lipinski definition) is 0. The van der Waals surface area contributed by atoms with Crippen LogP contribution in [-0.4, -0.2) is 19.9 Å². The molecule has 0 saturated heterocycles. The minimum atomic E-state index is 0.148. The van der Waals surface area contributed by atoms with Crippen molar-refractivity contribution in [3.63, 3.8) is 0 Å². The topological polar surface area (TPSA) is 29.5 Å². The molecule has 0 spiro atoms. The number of hydrogen-bond acceptors (Lipinski definition) is 3. The largest absolute Gasteiger partial charge is 0.495 e. The zero-order valence-electron chi connectivity index (χ0n) is 11.0. The van der Waals surface area contributed by atoms with Crippen LogP contribution in [0.2, 0.25) is 0 Å². The number of Topliss-reactive ketones (excluding diaryl/α,β-unsaturated/α-hetero) is 1. The predicted octanol–water partition coefficient (Wildman–Crippen LogP) is 3.20. The first-order valence-corrected chi connectivity index (χ1v) is 6.24. The average Bonchev–Trinajstić information content (AvgIpc) is 2.56. The quantitative estimate of drug-likeness (QED) is 0.781. The third kappa shape index (κ3) is 1.78. The average molecular weight is 253 g/mol. The third-order valence-electron chi connectivity index (χ3n) is 3.55. The first-order valence-electron chi connectivity index (χ1n) is 6.24. The van der Waals surface area contributed by atoms with Crippen molar-refractivity contribution in [1.82, 2.24) is 0 Å². The molecule has 0 N–H and O–H groups in total. The summed E-state index contributed by atoms with van der Waals surface area (Å²) in [5.74, 6) is 0.943. The van der Waals surface area contributed by atoms with Crippen LogP contribution < -0.4 is 9.64 Å². The molecule has 0 saturated carbocycles. The first-order chi connectivity index (χ1) is 9.22. The standard InChI is InChI=1S/C16H15NO2/c1-17-13-8-4-3-7-12(13)14(18)10-11-6-5-9-15(19-2)16(11)17/h3-9H,10H2,1-2H3. The third-order valence-corrected chi connectivity index (χ3v) is 3.55. The Hall–Kier alpha value is -2.29. The van der Waals surface area contributed by atoms with Gasteiger partial charge in [-0.15, -0.1) is 0 Å². The Labute approximate surface area is 112 Å². The van der Waals surface area contributed by atoms with Crippen molar-refractivity contribution in [1.29, 1.82) is 0 Å². The van der Waals surface area contributed by atoms with Gasteiger partial charge in [0.25, 0.3) is 0 Å². The summed E-state index contributed by atoms with van der Waals surface area (Å²) in [7, 11) is 3.63. The van der Waals surface area contributed by atoms with Gasteiger partial charge in [0, 0.05) is 19.0 Å². The van der Waals surface area contributed by atoms with E-state index in [9.17, 15) is 4.79 Å². The Morgan fingerprint density at radius 3 is 2.68 bits per heavy atom. The zero-order chi connectivity index (χ0) is 13.4. The number of para-hydroxylation sites is 2. The van der Waals surface area contributed by atoms with Gasteiger partial charge in [-0.05, 0) is 23.8 Å². The number of ether oxygens (including phenoxy) is 1. The van der Waals surface area contributed by atoms with Gasteiger partial charge in [0.05, 0.1) is 18.5 Å². The summed E-state index contributed by atoms with van der Waals surface area (Å²) in [6.45, 7) is 0. The highest BCUT2D eigenvalue weighted by Gasteiger charge is 2.25. The van der Waals surface area contributed by atoms with Crippen LogP contribution in [0.15, 0.2) is 42.5 Å². The van der Waals surface area contributed by atoms with Crippen LogP contribution in [0.1, 0.15) is 15.9 Å². The van der Waals surface area contributed by atoms with E-state index in [1.807, 2.05) is 54.4 Å². The lowest BCUT2D eigenvalue weighted by Gasteiger charge is -2.23. The Morgan fingerprint density at radius 2 is 1.89 bits per heavy atom. The molecule has 0 fully saturated rings. The molecule has 1 heterocycles. The molecule has 0 bridgehead atoms. The number of ketones is 1. The summed E-state index contributed by atoms with van der Waals surface area (Å²) in [5.41, 5.74) is 3.67. The number of fused-ring (bicyclic) bond motifs is 2. The molecule has 0 radical (unpaired) electrons. The Balaban J connectivity index is 2.28. The van der Waals surface area contributed by atoms with Gasteiger partial charge in [-0.2, -0.15) is 0 Å². The van der Waals surface area contributed by atoms with Crippen LogP contribution in [0.5, 0.6) is 5.75 Å². The monoisotopic (exact) mass is 253 g/mol. The molecule has 2 aromatic rings. The summed E-state index contributed by atoms with van der Waals surface area (Å²) < 4.78 is 5.44. The second-order valence-corrected chi connectivity index (χ2v) is 4.64. The van der Waals surface area contributed by atoms with Crippen molar-refractivity contribution in [3.8, 4) is 5.75 Å². The van der Waals surface area contributed by atoms with Crippen molar-refractivity contribution >= 4 is 17.2 Å². The summed E-state index contributed by atoms with van der Waals surface area (Å²) >= 11 is 0. The Morgan fingerprint density at radius 1 is 1.11 bits per heavy atom. The van der Waals surface area contributed by atoms with Crippen molar-refractivity contribution in [2.75, 3.05) is 19.1 Å². The van der Waals surface area contributed by atoms with Crippen molar-refractivity contribution in [2.24, 2.45) is 0 Å². The molecule has 1 aliphatic heterocycles. The van der Waals surface area contributed by atoms with Crippen LogP contribution in [0.3, 0.4) is 0 Å². The first kappa shape index (κ1) is 11.8. The van der Waals surface area contributed by atoms with Gasteiger partial charge in [-0.25, -0.2) is 0 Å². The molecular weight excluding hydrogens is 238 g/mol. The molecule has 0 aromatic heterocycles. The maximum atomic E-state index is 12.3. The van der Waals surface area contributed by atoms with Gasteiger partial charge in [0.15, 0.2) is 5.78 Å². The van der Waals surface area contributed by atoms with Crippen LogP contribution in [0, 0.1) is 0 Å². The van der Waals surface area contributed by atoms with Crippen molar-refractivity contribution < 1.29 is 9.53 Å². The molecule has 0 atom stereocenters. The molecule has 0 unspecified atom stereocenters. The fraction of sp³-hybridized carbons (Fsp3) is 0.188. The number of methoxy groups -OCH3 is 1. The molecule has 3 heteroatoms. The van der Waals surface area contributed by atoms with Gasteiger partial charge in [0.1, 0.15) is 5.75 Å². The number of carbonyl (C=O) groups is 1. The van der Waals surface area contributed by atoms with Gasteiger partial charge in [0.2, 0.25) is 0 Å². The van der Waals surface area contributed by atoms with Crippen LogP contribution >= 0.6 is 0 Å². The van der Waals surface area contributed by atoms with Crippen LogP contribution in [0.4, 0.5) is 11.4 Å². The van der Waals surface area contributed by atoms with Crippen molar-refractivity contribution in [3.05, 3.63) is 53.6 Å². The van der Waals surface area contributed by atoms with E-state index < -0.39 is 0 Å². The fourth-order valence-corrected chi connectivity index (χ4v) is 2.65. The molecule has 3 nitrogen and oxygen atoms in total. The van der Waals surface area contributed by atoms with Gasteiger partial charge in [-0.3, -0.25) is 4.79 Å².